The summed E-state index contributed by atoms with van der Waals surface area (Å²) in [5.41, 5.74) is 3.64. The molecule has 144 valence electrons. The van der Waals surface area contributed by atoms with E-state index in [2.05, 4.69) is 53.4 Å². The summed E-state index contributed by atoms with van der Waals surface area (Å²) in [7, 11) is 5.92. The number of aliphatic imine (C=N–C) groups is 1. The number of rotatable bonds is 5. The number of hydrogen-bond donors (Lipinski definition) is 2. The molecule has 1 saturated heterocycles. The third-order valence-corrected chi connectivity index (χ3v) is 4.61. The molecule has 0 aromatic carbocycles. The van der Waals surface area contributed by atoms with E-state index in [0.29, 0.717) is 0 Å². The Hall–Kier alpha value is -0.870. The van der Waals surface area contributed by atoms with E-state index in [-0.39, 0.29) is 36.1 Å². The van der Waals surface area contributed by atoms with E-state index in [4.69, 9.17) is 4.74 Å². The van der Waals surface area contributed by atoms with Gasteiger partial charge in [-0.05, 0) is 39.8 Å². The second-order valence-electron chi connectivity index (χ2n) is 6.73. The van der Waals surface area contributed by atoms with Gasteiger partial charge in [0.1, 0.15) is 0 Å². The van der Waals surface area contributed by atoms with Gasteiger partial charge in [0.05, 0.1) is 18.4 Å². The molecule has 2 N–H and O–H groups in total. The molecule has 0 saturated carbocycles. The van der Waals surface area contributed by atoms with E-state index in [0.717, 1.165) is 44.3 Å². The first-order valence-corrected chi connectivity index (χ1v) is 8.67. The standard InChI is InChI=1S/C17H32N6O.HI/c1-12(9-16-13(2)21-23(6)14(16)3)20-17(18-4)19-10-15-11-22(5)7-8-24-15;/h12,15H,7-11H2,1-6H3,(H2,18,19,20);1H. The highest BCUT2D eigenvalue weighted by Gasteiger charge is 2.18. The Balaban J connectivity index is 0.00000312. The maximum atomic E-state index is 5.78. The summed E-state index contributed by atoms with van der Waals surface area (Å²) in [5.74, 6) is 0.818. The van der Waals surface area contributed by atoms with Crippen molar-refractivity contribution in [3.05, 3.63) is 17.0 Å². The topological polar surface area (TPSA) is 66.7 Å². The van der Waals surface area contributed by atoms with E-state index in [1.54, 1.807) is 7.05 Å². The molecule has 2 heterocycles. The normalized spacial score (nSPS) is 20.1. The molecule has 0 spiro atoms. The number of nitrogens with zero attached hydrogens (tertiary/aromatic N) is 4. The van der Waals surface area contributed by atoms with Crippen molar-refractivity contribution < 1.29 is 4.74 Å². The fraction of sp³-hybridized carbons (Fsp3) is 0.765. The summed E-state index contributed by atoms with van der Waals surface area (Å²) in [6.45, 7) is 9.87. The summed E-state index contributed by atoms with van der Waals surface area (Å²) in [6.07, 6.45) is 1.13. The highest BCUT2D eigenvalue weighted by Crippen LogP contribution is 2.14. The van der Waals surface area contributed by atoms with Crippen LogP contribution in [0, 0.1) is 13.8 Å². The van der Waals surface area contributed by atoms with Crippen LogP contribution in [0.4, 0.5) is 0 Å². The molecular weight excluding hydrogens is 431 g/mol. The van der Waals surface area contributed by atoms with Crippen LogP contribution in [-0.2, 0) is 18.2 Å². The predicted octanol–water partition coefficient (Wildman–Crippen LogP) is 1.08. The molecule has 2 rings (SSSR count). The van der Waals surface area contributed by atoms with Crippen molar-refractivity contribution in [1.29, 1.82) is 0 Å². The minimum Gasteiger partial charge on any atom is -0.374 e. The molecule has 7 nitrogen and oxygen atoms in total. The number of guanidine groups is 1. The highest BCUT2D eigenvalue weighted by atomic mass is 127. The molecule has 1 aromatic rings. The fourth-order valence-corrected chi connectivity index (χ4v) is 3.10. The van der Waals surface area contributed by atoms with Crippen molar-refractivity contribution in [2.45, 2.75) is 39.3 Å². The Labute approximate surface area is 168 Å². The van der Waals surface area contributed by atoms with Crippen LogP contribution in [0.25, 0.3) is 0 Å². The molecular formula is C17H33IN6O. The molecule has 0 amide bonds. The van der Waals surface area contributed by atoms with E-state index in [1.807, 2.05) is 11.7 Å². The second kappa shape index (κ2) is 10.3. The Morgan fingerprint density at radius 1 is 1.40 bits per heavy atom. The maximum absolute atomic E-state index is 5.78. The molecule has 2 atom stereocenters. The summed E-state index contributed by atoms with van der Waals surface area (Å²) in [4.78, 5) is 6.62. The number of nitrogens with one attached hydrogen (secondary N) is 2. The Morgan fingerprint density at radius 2 is 2.12 bits per heavy atom. The van der Waals surface area contributed by atoms with Crippen molar-refractivity contribution in [2.75, 3.05) is 40.3 Å². The first kappa shape index (κ1) is 22.2. The third kappa shape index (κ3) is 6.41. The van der Waals surface area contributed by atoms with Crippen LogP contribution in [0.5, 0.6) is 0 Å². The summed E-state index contributed by atoms with van der Waals surface area (Å²) < 4.78 is 7.73. The van der Waals surface area contributed by atoms with Crippen LogP contribution in [0.3, 0.4) is 0 Å². The lowest BCUT2D eigenvalue weighted by molar-refractivity contribution is -0.0161. The quantitative estimate of drug-likeness (QED) is 0.388. The van der Waals surface area contributed by atoms with Crippen LogP contribution in [-0.4, -0.2) is 73.1 Å². The van der Waals surface area contributed by atoms with E-state index in [1.165, 1.54) is 11.3 Å². The van der Waals surface area contributed by atoms with Crippen molar-refractivity contribution in [2.24, 2.45) is 12.0 Å². The number of halogens is 1. The van der Waals surface area contributed by atoms with Crippen LogP contribution < -0.4 is 10.6 Å². The smallest absolute Gasteiger partial charge is 0.191 e. The molecule has 0 aliphatic carbocycles. The van der Waals surface area contributed by atoms with Gasteiger partial charge in [-0.25, -0.2) is 0 Å². The van der Waals surface area contributed by atoms with E-state index >= 15 is 0 Å². The Bertz CT molecular complexity index is 574. The van der Waals surface area contributed by atoms with Gasteiger partial charge in [0.2, 0.25) is 0 Å². The summed E-state index contributed by atoms with van der Waals surface area (Å²) in [5, 5.41) is 11.3. The molecule has 8 heteroatoms. The molecule has 1 aliphatic rings. The zero-order valence-electron chi connectivity index (χ0n) is 16.3. The first-order valence-electron chi connectivity index (χ1n) is 8.67. The van der Waals surface area contributed by atoms with Gasteiger partial charge in [-0.1, -0.05) is 0 Å². The Kier molecular flexibility index (Phi) is 9.15. The predicted molar refractivity (Wildman–Crippen MR) is 113 cm³/mol. The van der Waals surface area contributed by atoms with Gasteiger partial charge in [0, 0.05) is 45.5 Å². The number of aromatic nitrogens is 2. The molecule has 1 fully saturated rings. The van der Waals surface area contributed by atoms with Gasteiger partial charge in [0.25, 0.3) is 0 Å². The van der Waals surface area contributed by atoms with Gasteiger partial charge >= 0.3 is 0 Å². The van der Waals surface area contributed by atoms with E-state index < -0.39 is 0 Å². The summed E-state index contributed by atoms with van der Waals surface area (Å²) in [6, 6.07) is 0.271. The van der Waals surface area contributed by atoms with Gasteiger partial charge < -0.3 is 20.3 Å². The van der Waals surface area contributed by atoms with Gasteiger partial charge in [0.15, 0.2) is 5.96 Å². The molecule has 0 radical (unpaired) electrons. The third-order valence-electron chi connectivity index (χ3n) is 4.61. The molecule has 1 aliphatic heterocycles. The SMILES string of the molecule is CN=C(NCC1CN(C)CCO1)NC(C)Cc1c(C)nn(C)c1C.I. The second-order valence-corrected chi connectivity index (χ2v) is 6.73. The number of ether oxygens (including phenoxy) is 1. The molecule has 1 aromatic heterocycles. The van der Waals surface area contributed by atoms with Crippen molar-refractivity contribution in [1.82, 2.24) is 25.3 Å². The number of morpholine rings is 1. The maximum Gasteiger partial charge on any atom is 0.191 e. The zero-order chi connectivity index (χ0) is 17.7. The van der Waals surface area contributed by atoms with Crippen molar-refractivity contribution >= 4 is 29.9 Å². The molecule has 25 heavy (non-hydrogen) atoms. The number of aryl methyl sites for hydroxylation is 2. The monoisotopic (exact) mass is 464 g/mol. The lowest BCUT2D eigenvalue weighted by atomic mass is 10.1. The lowest BCUT2D eigenvalue weighted by Gasteiger charge is -2.30. The van der Waals surface area contributed by atoms with Gasteiger partial charge in [-0.3, -0.25) is 9.67 Å². The van der Waals surface area contributed by atoms with Crippen LogP contribution in [0.2, 0.25) is 0 Å². The first-order chi connectivity index (χ1) is 11.4. The summed E-state index contributed by atoms with van der Waals surface area (Å²) >= 11 is 0. The van der Waals surface area contributed by atoms with Gasteiger partial charge in [-0.15, -0.1) is 24.0 Å². The lowest BCUT2D eigenvalue weighted by Crippen LogP contribution is -2.50. The minimum atomic E-state index is 0. The number of hydrogen-bond acceptors (Lipinski definition) is 4. The molecule has 2 unspecified atom stereocenters. The van der Waals surface area contributed by atoms with Gasteiger partial charge in [-0.2, -0.15) is 5.10 Å². The fourth-order valence-electron chi connectivity index (χ4n) is 3.10. The zero-order valence-corrected chi connectivity index (χ0v) is 18.6. The molecule has 0 bridgehead atoms. The number of likely N-dealkylation sites (N-methyl/N-ethyl adjacent to an activating group) is 1. The van der Waals surface area contributed by atoms with Crippen LogP contribution in [0.15, 0.2) is 4.99 Å². The van der Waals surface area contributed by atoms with E-state index in [9.17, 15) is 0 Å². The average Bonchev–Trinajstić information content (AvgIpc) is 2.78. The highest BCUT2D eigenvalue weighted by molar-refractivity contribution is 14.0. The van der Waals surface area contributed by atoms with Crippen LogP contribution >= 0.6 is 24.0 Å². The minimum absolute atomic E-state index is 0. The van der Waals surface area contributed by atoms with Crippen molar-refractivity contribution in [3.8, 4) is 0 Å². The Morgan fingerprint density at radius 3 is 2.68 bits per heavy atom. The largest absolute Gasteiger partial charge is 0.374 e. The average molecular weight is 464 g/mol. The van der Waals surface area contributed by atoms with Crippen molar-refractivity contribution in [3.63, 3.8) is 0 Å². The van der Waals surface area contributed by atoms with Crippen LogP contribution in [0.1, 0.15) is 23.9 Å².